The zero-order valence-corrected chi connectivity index (χ0v) is 20.6. The first kappa shape index (κ1) is 28.9. The summed E-state index contributed by atoms with van der Waals surface area (Å²) in [6, 6.07) is 10.5. The van der Waals surface area contributed by atoms with Gasteiger partial charge in [0, 0.05) is 30.1 Å². The SMILES string of the molecule is CCCC(C#N)(C(=O)OCC)c1ccc(OC)nc1.CCOC(=O)C(C#N)c1ccc(OC)nc1. The third kappa shape index (κ3) is 7.68. The number of rotatable bonds is 10. The molecule has 2 aromatic heterocycles. The van der Waals surface area contributed by atoms with Crippen LogP contribution in [0.5, 0.6) is 11.8 Å². The van der Waals surface area contributed by atoms with Crippen molar-refractivity contribution in [1.82, 2.24) is 9.97 Å². The molecule has 0 saturated carbocycles. The van der Waals surface area contributed by atoms with Crippen LogP contribution in [0.4, 0.5) is 0 Å². The Morgan fingerprint density at radius 2 is 1.54 bits per heavy atom. The highest BCUT2D eigenvalue weighted by Gasteiger charge is 2.41. The van der Waals surface area contributed by atoms with Crippen LogP contribution in [-0.2, 0) is 24.5 Å². The minimum atomic E-state index is -1.29. The van der Waals surface area contributed by atoms with Gasteiger partial charge in [0.1, 0.15) is 0 Å². The topological polar surface area (TPSA) is 144 Å². The fourth-order valence-corrected chi connectivity index (χ4v) is 3.09. The number of hydrogen-bond donors (Lipinski definition) is 0. The van der Waals surface area contributed by atoms with Gasteiger partial charge in [0.15, 0.2) is 11.3 Å². The Labute approximate surface area is 205 Å². The Hall–Kier alpha value is -4.18. The van der Waals surface area contributed by atoms with Gasteiger partial charge >= 0.3 is 11.9 Å². The van der Waals surface area contributed by atoms with Gasteiger partial charge in [-0.3, -0.25) is 4.79 Å². The van der Waals surface area contributed by atoms with Crippen molar-refractivity contribution in [2.45, 2.75) is 44.9 Å². The van der Waals surface area contributed by atoms with Gasteiger partial charge in [0.2, 0.25) is 11.8 Å². The van der Waals surface area contributed by atoms with Crippen LogP contribution < -0.4 is 9.47 Å². The zero-order chi connectivity index (χ0) is 26.3. The Morgan fingerprint density at radius 1 is 0.943 bits per heavy atom. The lowest BCUT2D eigenvalue weighted by atomic mass is 9.79. The second-order valence-corrected chi connectivity index (χ2v) is 7.02. The highest BCUT2D eigenvalue weighted by molar-refractivity contribution is 5.86. The van der Waals surface area contributed by atoms with E-state index in [4.69, 9.17) is 24.2 Å². The summed E-state index contributed by atoms with van der Waals surface area (Å²) in [4.78, 5) is 31.5. The molecule has 0 amide bonds. The number of pyridine rings is 2. The summed E-state index contributed by atoms with van der Waals surface area (Å²) in [5.41, 5.74) is -0.248. The first-order valence-corrected chi connectivity index (χ1v) is 11.0. The van der Waals surface area contributed by atoms with Gasteiger partial charge in [0.25, 0.3) is 0 Å². The number of hydrogen-bond acceptors (Lipinski definition) is 10. The van der Waals surface area contributed by atoms with E-state index in [9.17, 15) is 14.9 Å². The molecule has 0 saturated heterocycles. The van der Waals surface area contributed by atoms with Crippen LogP contribution in [0, 0.1) is 22.7 Å². The molecule has 2 rings (SSSR count). The van der Waals surface area contributed by atoms with E-state index in [1.54, 1.807) is 38.1 Å². The number of esters is 2. The highest BCUT2D eigenvalue weighted by Crippen LogP contribution is 2.31. The number of nitriles is 2. The summed E-state index contributed by atoms with van der Waals surface area (Å²) in [5, 5.41) is 18.4. The van der Waals surface area contributed by atoms with Crippen molar-refractivity contribution in [3.05, 3.63) is 47.8 Å². The van der Waals surface area contributed by atoms with Gasteiger partial charge in [-0.2, -0.15) is 10.5 Å². The fourth-order valence-electron chi connectivity index (χ4n) is 3.09. The van der Waals surface area contributed by atoms with Crippen LogP contribution in [0.3, 0.4) is 0 Å². The van der Waals surface area contributed by atoms with Crippen LogP contribution in [0.15, 0.2) is 36.7 Å². The standard InChI is InChI=1S/C14H18N2O3.C11H12N2O3/c1-4-8-14(10-15,13(17)19-5-2)11-6-7-12(18-3)16-9-11;1-3-16-11(14)9(6-12)8-4-5-10(15-2)13-7-8/h6-7,9H,4-5,8H2,1-3H3;4-5,7,9H,3H2,1-2H3. The smallest absolute Gasteiger partial charge is 0.331 e. The Balaban J connectivity index is 0.000000355. The molecule has 0 aliphatic carbocycles. The molecule has 0 aliphatic heterocycles. The molecule has 0 aromatic carbocycles. The van der Waals surface area contributed by atoms with Gasteiger partial charge < -0.3 is 18.9 Å². The highest BCUT2D eigenvalue weighted by atomic mass is 16.5. The summed E-state index contributed by atoms with van der Waals surface area (Å²) >= 11 is 0. The molecular formula is C25H30N4O6. The van der Waals surface area contributed by atoms with Crippen molar-refractivity contribution in [1.29, 1.82) is 10.5 Å². The average molecular weight is 483 g/mol. The maximum atomic E-state index is 12.1. The number of carbonyl (C=O) groups excluding carboxylic acids is 2. The Kier molecular flexibility index (Phi) is 12.3. The maximum absolute atomic E-state index is 12.1. The summed E-state index contributed by atoms with van der Waals surface area (Å²) in [6.45, 7) is 5.83. The molecule has 0 aliphatic rings. The van der Waals surface area contributed by atoms with E-state index < -0.39 is 23.3 Å². The van der Waals surface area contributed by atoms with Crippen LogP contribution in [0.2, 0.25) is 0 Å². The maximum Gasteiger partial charge on any atom is 0.331 e. The molecule has 0 radical (unpaired) electrons. The molecule has 10 nitrogen and oxygen atoms in total. The number of ether oxygens (including phenoxy) is 4. The zero-order valence-electron chi connectivity index (χ0n) is 20.6. The monoisotopic (exact) mass is 482 g/mol. The lowest BCUT2D eigenvalue weighted by Crippen LogP contribution is -2.36. The number of carbonyl (C=O) groups is 2. The molecule has 186 valence electrons. The quantitative estimate of drug-likeness (QED) is 0.461. The predicted molar refractivity (Wildman–Crippen MR) is 125 cm³/mol. The van der Waals surface area contributed by atoms with E-state index in [0.29, 0.717) is 35.7 Å². The van der Waals surface area contributed by atoms with Gasteiger partial charge in [-0.1, -0.05) is 19.4 Å². The van der Waals surface area contributed by atoms with E-state index in [0.717, 1.165) is 0 Å². The lowest BCUT2D eigenvalue weighted by molar-refractivity contribution is -0.148. The molecule has 2 atom stereocenters. The largest absolute Gasteiger partial charge is 0.481 e. The van der Waals surface area contributed by atoms with Crippen molar-refractivity contribution in [2.24, 2.45) is 0 Å². The summed E-state index contributed by atoms with van der Waals surface area (Å²) in [6.07, 6.45) is 4.02. The molecular weight excluding hydrogens is 452 g/mol. The predicted octanol–water partition coefficient (Wildman–Crippen LogP) is 3.48. The third-order valence-corrected chi connectivity index (χ3v) is 4.83. The van der Waals surface area contributed by atoms with Crippen LogP contribution >= 0.6 is 0 Å². The Morgan fingerprint density at radius 3 is 1.94 bits per heavy atom. The molecule has 0 N–H and O–H groups in total. The molecule has 35 heavy (non-hydrogen) atoms. The van der Waals surface area contributed by atoms with E-state index in [1.807, 2.05) is 13.0 Å². The second-order valence-electron chi connectivity index (χ2n) is 7.02. The minimum absolute atomic E-state index is 0.246. The van der Waals surface area contributed by atoms with Crippen LogP contribution in [-0.4, -0.2) is 49.3 Å². The van der Waals surface area contributed by atoms with Crippen molar-refractivity contribution >= 4 is 11.9 Å². The van der Waals surface area contributed by atoms with Crippen LogP contribution in [0.1, 0.15) is 50.7 Å². The number of methoxy groups -OCH3 is 2. The van der Waals surface area contributed by atoms with Crippen LogP contribution in [0.25, 0.3) is 0 Å². The fraction of sp³-hybridized carbons (Fsp3) is 0.440. The first-order valence-electron chi connectivity index (χ1n) is 11.0. The molecule has 0 bridgehead atoms. The van der Waals surface area contributed by atoms with Crippen molar-refractivity contribution < 1.29 is 28.5 Å². The van der Waals surface area contributed by atoms with E-state index in [-0.39, 0.29) is 13.2 Å². The van der Waals surface area contributed by atoms with E-state index >= 15 is 0 Å². The average Bonchev–Trinajstić information content (AvgIpc) is 2.89. The van der Waals surface area contributed by atoms with Gasteiger partial charge in [-0.15, -0.1) is 0 Å². The third-order valence-electron chi connectivity index (χ3n) is 4.83. The summed E-state index contributed by atoms with van der Waals surface area (Å²) in [7, 11) is 3.01. The van der Waals surface area contributed by atoms with Crippen molar-refractivity contribution in [2.75, 3.05) is 27.4 Å². The molecule has 0 fully saturated rings. The first-order chi connectivity index (χ1) is 16.9. The van der Waals surface area contributed by atoms with Gasteiger partial charge in [0.05, 0.1) is 39.6 Å². The van der Waals surface area contributed by atoms with Gasteiger partial charge in [-0.05, 0) is 31.9 Å². The van der Waals surface area contributed by atoms with Crippen molar-refractivity contribution in [3.63, 3.8) is 0 Å². The van der Waals surface area contributed by atoms with Gasteiger partial charge in [-0.25, -0.2) is 14.8 Å². The summed E-state index contributed by atoms with van der Waals surface area (Å²) < 4.78 is 19.7. The molecule has 0 spiro atoms. The minimum Gasteiger partial charge on any atom is -0.481 e. The number of nitrogens with zero attached hydrogens (tertiary/aromatic N) is 4. The molecule has 2 aromatic rings. The Bertz CT molecular complexity index is 1030. The molecule has 2 unspecified atom stereocenters. The normalized spacial score (nSPS) is 12.3. The second kappa shape index (κ2) is 14.9. The molecule has 2 heterocycles. The lowest BCUT2D eigenvalue weighted by Gasteiger charge is -2.24. The molecule has 10 heteroatoms. The number of aromatic nitrogens is 2. The van der Waals surface area contributed by atoms with E-state index in [1.165, 1.54) is 26.6 Å². The van der Waals surface area contributed by atoms with Crippen molar-refractivity contribution in [3.8, 4) is 23.9 Å². The summed E-state index contributed by atoms with van der Waals surface area (Å²) in [5.74, 6) is -1.14. The van der Waals surface area contributed by atoms with E-state index in [2.05, 4.69) is 16.0 Å².